The van der Waals surface area contributed by atoms with Crippen LogP contribution in [0.4, 0.5) is 4.39 Å². The predicted molar refractivity (Wildman–Crippen MR) is 101 cm³/mol. The Morgan fingerprint density at radius 1 is 1.31 bits per heavy atom. The summed E-state index contributed by atoms with van der Waals surface area (Å²) in [5, 5.41) is 8.33. The molecule has 1 aromatic rings. The molecular weight excluding hydrogens is 339 g/mol. The highest BCUT2D eigenvalue weighted by Crippen LogP contribution is 2.07. The Balaban J connectivity index is 0. The average Bonchev–Trinajstić information content (AvgIpc) is 2.61. The number of nitrogens with zero attached hydrogens (tertiary/aromatic N) is 2. The minimum atomic E-state index is -0.974. The molecule has 6 nitrogen and oxygen atoms in total. The maximum absolute atomic E-state index is 13.1. The highest BCUT2D eigenvalue weighted by Gasteiger charge is 2.07. The molecule has 0 atom stereocenters. The van der Waals surface area contributed by atoms with Crippen molar-refractivity contribution in [3.63, 3.8) is 0 Å². The number of carbonyl (C=O) groups excluding carboxylic acids is 2. The number of hydrogen-bond donors (Lipinski definition) is 1. The van der Waals surface area contributed by atoms with Gasteiger partial charge in [0.2, 0.25) is 6.41 Å². The number of likely N-dealkylation sites (N-methyl/N-ethyl adjacent to an activating group) is 1. The highest BCUT2D eigenvalue weighted by atomic mass is 19.1. The van der Waals surface area contributed by atoms with Crippen molar-refractivity contribution in [1.29, 1.82) is 0 Å². The van der Waals surface area contributed by atoms with Gasteiger partial charge in [0.1, 0.15) is 19.2 Å². The standard InChI is InChI=1S/C11H16FN.C7H13NO3.CH2O/c1-3-13(2)9-8-10-6-4-5-7-11(10)12;1-6(2)3-8(5-9)4-7(10)11;1-2/h4-7H,3,8-9H2,1-2H3;5-6H,3-4H2,1-2H3,(H,10,11);1H2. The number of halogens is 1. The molecule has 1 rings (SSSR count). The molecule has 1 N–H and O–H groups in total. The van der Waals surface area contributed by atoms with Gasteiger partial charge in [0.25, 0.3) is 0 Å². The molecule has 148 valence electrons. The first-order valence-electron chi connectivity index (χ1n) is 8.42. The minimum absolute atomic E-state index is 0.0907. The van der Waals surface area contributed by atoms with Crippen LogP contribution in [-0.4, -0.2) is 67.3 Å². The molecule has 0 aromatic heterocycles. The van der Waals surface area contributed by atoms with Crippen molar-refractivity contribution >= 4 is 19.2 Å². The predicted octanol–water partition coefficient (Wildman–Crippen LogP) is 2.32. The molecule has 1 aromatic carbocycles. The van der Waals surface area contributed by atoms with Crippen LogP contribution < -0.4 is 0 Å². The Labute approximate surface area is 155 Å². The summed E-state index contributed by atoms with van der Waals surface area (Å²) in [6.45, 7) is 10.2. The summed E-state index contributed by atoms with van der Waals surface area (Å²) in [4.78, 5) is 31.8. The lowest BCUT2D eigenvalue weighted by atomic mass is 10.1. The van der Waals surface area contributed by atoms with E-state index in [2.05, 4.69) is 11.8 Å². The van der Waals surface area contributed by atoms with Crippen LogP contribution in [0.15, 0.2) is 24.3 Å². The molecule has 26 heavy (non-hydrogen) atoms. The maximum Gasteiger partial charge on any atom is 0.323 e. The van der Waals surface area contributed by atoms with Crippen LogP contribution in [0.1, 0.15) is 26.3 Å². The lowest BCUT2D eigenvalue weighted by Gasteiger charge is -2.16. The summed E-state index contributed by atoms with van der Waals surface area (Å²) >= 11 is 0. The van der Waals surface area contributed by atoms with Crippen LogP contribution in [-0.2, 0) is 20.8 Å². The van der Waals surface area contributed by atoms with Crippen molar-refractivity contribution in [2.24, 2.45) is 5.92 Å². The molecule has 0 saturated carbocycles. The third-order valence-corrected chi connectivity index (χ3v) is 3.35. The van der Waals surface area contributed by atoms with E-state index in [1.807, 2.05) is 39.8 Å². The van der Waals surface area contributed by atoms with Gasteiger partial charge in [0, 0.05) is 13.1 Å². The van der Waals surface area contributed by atoms with E-state index in [1.54, 1.807) is 6.07 Å². The Kier molecular flexibility index (Phi) is 16.2. The SMILES string of the molecule is C=O.CC(C)CN(C=O)CC(=O)O.CCN(C)CCc1ccccc1F. The molecule has 0 saturated heterocycles. The lowest BCUT2D eigenvalue weighted by molar-refractivity contribution is -0.141. The number of amides is 1. The number of hydrogen-bond acceptors (Lipinski definition) is 4. The minimum Gasteiger partial charge on any atom is -0.480 e. The van der Waals surface area contributed by atoms with Gasteiger partial charge < -0.3 is 19.7 Å². The van der Waals surface area contributed by atoms with Crippen molar-refractivity contribution in [1.82, 2.24) is 9.80 Å². The summed E-state index contributed by atoms with van der Waals surface area (Å²) in [5.41, 5.74) is 0.808. The Morgan fingerprint density at radius 3 is 2.31 bits per heavy atom. The molecular formula is C19H31FN2O4. The van der Waals surface area contributed by atoms with E-state index >= 15 is 0 Å². The molecule has 0 radical (unpaired) electrons. The summed E-state index contributed by atoms with van der Waals surface area (Å²) < 4.78 is 13.1. The van der Waals surface area contributed by atoms with Crippen LogP contribution in [0.25, 0.3) is 0 Å². The van der Waals surface area contributed by atoms with Gasteiger partial charge in [0.15, 0.2) is 0 Å². The van der Waals surface area contributed by atoms with Gasteiger partial charge in [-0.1, -0.05) is 39.0 Å². The van der Waals surface area contributed by atoms with E-state index in [4.69, 9.17) is 9.90 Å². The molecule has 7 heteroatoms. The monoisotopic (exact) mass is 370 g/mol. The molecule has 0 bridgehead atoms. The molecule has 0 heterocycles. The molecule has 0 spiro atoms. The third-order valence-electron chi connectivity index (χ3n) is 3.35. The number of benzene rings is 1. The van der Waals surface area contributed by atoms with Crippen molar-refractivity contribution in [2.75, 3.05) is 33.2 Å². The van der Waals surface area contributed by atoms with E-state index in [-0.39, 0.29) is 12.4 Å². The Bertz CT molecular complexity index is 512. The van der Waals surface area contributed by atoms with Gasteiger partial charge in [-0.2, -0.15) is 0 Å². The first-order valence-corrected chi connectivity index (χ1v) is 8.42. The van der Waals surface area contributed by atoms with Crippen LogP contribution in [0.5, 0.6) is 0 Å². The van der Waals surface area contributed by atoms with Gasteiger partial charge in [-0.3, -0.25) is 9.59 Å². The van der Waals surface area contributed by atoms with Crippen LogP contribution in [0.3, 0.4) is 0 Å². The van der Waals surface area contributed by atoms with E-state index in [0.717, 1.165) is 25.1 Å². The Morgan fingerprint density at radius 2 is 1.88 bits per heavy atom. The van der Waals surface area contributed by atoms with Gasteiger partial charge in [-0.25, -0.2) is 4.39 Å². The molecule has 0 unspecified atom stereocenters. The van der Waals surface area contributed by atoms with Crippen molar-refractivity contribution in [2.45, 2.75) is 27.2 Å². The largest absolute Gasteiger partial charge is 0.480 e. The quantitative estimate of drug-likeness (QED) is 0.675. The molecule has 0 aliphatic rings. The summed E-state index contributed by atoms with van der Waals surface area (Å²) in [7, 11) is 2.04. The zero-order valence-electron chi connectivity index (χ0n) is 16.2. The molecule has 1 amide bonds. The second-order valence-corrected chi connectivity index (χ2v) is 6.06. The molecule has 0 aliphatic heterocycles. The normalized spacial score (nSPS) is 9.65. The van der Waals surface area contributed by atoms with Gasteiger partial charge in [-0.15, -0.1) is 0 Å². The fourth-order valence-corrected chi connectivity index (χ4v) is 1.96. The fourth-order valence-electron chi connectivity index (χ4n) is 1.96. The number of carboxylic acids is 1. The second-order valence-electron chi connectivity index (χ2n) is 6.06. The van der Waals surface area contributed by atoms with E-state index in [1.165, 1.54) is 11.0 Å². The fraction of sp³-hybridized carbons (Fsp3) is 0.526. The number of aliphatic carboxylic acids is 1. The summed E-state index contributed by atoms with van der Waals surface area (Å²) in [5.74, 6) is -0.760. The zero-order chi connectivity index (χ0) is 20.5. The smallest absolute Gasteiger partial charge is 0.323 e. The summed E-state index contributed by atoms with van der Waals surface area (Å²) in [6, 6.07) is 6.97. The van der Waals surface area contributed by atoms with Gasteiger partial charge in [-0.05, 0) is 37.6 Å². The van der Waals surface area contributed by atoms with Crippen molar-refractivity contribution in [3.8, 4) is 0 Å². The van der Waals surface area contributed by atoms with Crippen LogP contribution in [0.2, 0.25) is 0 Å². The van der Waals surface area contributed by atoms with Gasteiger partial charge >= 0.3 is 5.97 Å². The van der Waals surface area contributed by atoms with Crippen molar-refractivity contribution in [3.05, 3.63) is 35.6 Å². The number of rotatable bonds is 9. The molecule has 0 fully saturated rings. The van der Waals surface area contributed by atoms with Crippen LogP contribution in [0, 0.1) is 11.7 Å². The maximum atomic E-state index is 13.1. The summed E-state index contributed by atoms with van der Waals surface area (Å²) in [6.07, 6.45) is 1.35. The first-order chi connectivity index (χ1) is 12.3. The third kappa shape index (κ3) is 14.1. The first kappa shape index (κ1) is 26.0. The molecule has 0 aliphatic carbocycles. The Hall–Kier alpha value is -2.28. The lowest BCUT2D eigenvalue weighted by Crippen LogP contribution is -2.31. The number of carboxylic acid groups (broad SMARTS) is 1. The van der Waals surface area contributed by atoms with Gasteiger partial charge in [0.05, 0.1) is 0 Å². The number of carbonyl (C=O) groups is 3. The second kappa shape index (κ2) is 16.2. The zero-order valence-corrected chi connectivity index (χ0v) is 16.2. The van der Waals surface area contributed by atoms with E-state index < -0.39 is 5.97 Å². The van der Waals surface area contributed by atoms with Crippen LogP contribution >= 0.6 is 0 Å². The topological polar surface area (TPSA) is 77.9 Å². The average molecular weight is 370 g/mol. The van der Waals surface area contributed by atoms with E-state index in [9.17, 15) is 14.0 Å². The highest BCUT2D eigenvalue weighted by molar-refractivity contribution is 5.71. The van der Waals surface area contributed by atoms with Crippen molar-refractivity contribution < 1.29 is 23.9 Å². The van der Waals surface area contributed by atoms with E-state index in [0.29, 0.717) is 18.9 Å².